The first-order valence-electron chi connectivity index (χ1n) is 10.4. The number of pyridine rings is 1. The van der Waals surface area contributed by atoms with Gasteiger partial charge in [0, 0.05) is 56.9 Å². The fourth-order valence-electron chi connectivity index (χ4n) is 4.18. The molecule has 0 spiro atoms. The minimum Gasteiger partial charge on any atom is -0.368 e. The van der Waals surface area contributed by atoms with E-state index in [1.165, 1.54) is 0 Å². The van der Waals surface area contributed by atoms with Gasteiger partial charge < -0.3 is 18.9 Å². The predicted molar refractivity (Wildman–Crippen MR) is 112 cm³/mol. The summed E-state index contributed by atoms with van der Waals surface area (Å²) in [5.74, 6) is 0.0784. The molecule has 1 aromatic carbocycles. The van der Waals surface area contributed by atoms with Gasteiger partial charge in [0.05, 0.1) is 0 Å². The average Bonchev–Trinajstić information content (AvgIpc) is 3.50. The SMILES string of the molecule is O=C(c1ccc(-c2ccc3nccn3c2)cc1)N1CCN(C(=O)[C@@H]2CCCO2)CC1. The topological polar surface area (TPSA) is 67.2 Å². The van der Waals surface area contributed by atoms with Crippen LogP contribution in [0, 0.1) is 0 Å². The lowest BCUT2D eigenvalue weighted by Crippen LogP contribution is -2.52. The van der Waals surface area contributed by atoms with Gasteiger partial charge in [0.2, 0.25) is 0 Å². The monoisotopic (exact) mass is 404 g/mol. The summed E-state index contributed by atoms with van der Waals surface area (Å²) in [6, 6.07) is 11.7. The second-order valence-electron chi connectivity index (χ2n) is 7.81. The highest BCUT2D eigenvalue weighted by Crippen LogP contribution is 2.22. The summed E-state index contributed by atoms with van der Waals surface area (Å²) in [5.41, 5.74) is 3.69. The van der Waals surface area contributed by atoms with Crippen LogP contribution < -0.4 is 0 Å². The van der Waals surface area contributed by atoms with Crippen molar-refractivity contribution < 1.29 is 14.3 Å². The molecule has 2 aromatic heterocycles. The molecule has 2 saturated heterocycles. The maximum atomic E-state index is 12.9. The molecule has 7 nitrogen and oxygen atoms in total. The Kier molecular flexibility index (Phi) is 4.96. The van der Waals surface area contributed by atoms with Crippen LogP contribution in [0.5, 0.6) is 0 Å². The van der Waals surface area contributed by atoms with E-state index in [-0.39, 0.29) is 17.9 Å². The van der Waals surface area contributed by atoms with Crippen LogP contribution in [0.1, 0.15) is 23.2 Å². The van der Waals surface area contributed by atoms with Crippen molar-refractivity contribution in [1.82, 2.24) is 19.2 Å². The molecule has 7 heteroatoms. The predicted octanol–water partition coefficient (Wildman–Crippen LogP) is 2.46. The zero-order valence-corrected chi connectivity index (χ0v) is 16.7. The molecule has 0 saturated carbocycles. The number of hydrogen-bond acceptors (Lipinski definition) is 4. The molecule has 2 amide bonds. The third-order valence-corrected chi connectivity index (χ3v) is 5.94. The number of fused-ring (bicyclic) bond motifs is 1. The Labute approximate surface area is 174 Å². The summed E-state index contributed by atoms with van der Waals surface area (Å²) in [7, 11) is 0. The molecule has 2 fully saturated rings. The molecular weight excluding hydrogens is 380 g/mol. The van der Waals surface area contributed by atoms with E-state index in [2.05, 4.69) is 4.98 Å². The van der Waals surface area contributed by atoms with Crippen LogP contribution in [0.2, 0.25) is 0 Å². The molecule has 1 atom stereocenters. The van der Waals surface area contributed by atoms with Crippen LogP contribution in [0.4, 0.5) is 0 Å². The number of piperazine rings is 1. The molecule has 4 heterocycles. The van der Waals surface area contributed by atoms with E-state index in [4.69, 9.17) is 4.74 Å². The van der Waals surface area contributed by atoms with Crippen molar-refractivity contribution in [2.24, 2.45) is 0 Å². The summed E-state index contributed by atoms with van der Waals surface area (Å²) < 4.78 is 7.48. The second kappa shape index (κ2) is 7.91. The van der Waals surface area contributed by atoms with Crippen molar-refractivity contribution in [2.45, 2.75) is 18.9 Å². The third-order valence-electron chi connectivity index (χ3n) is 5.94. The number of benzene rings is 1. The Balaban J connectivity index is 1.23. The number of hydrogen-bond donors (Lipinski definition) is 0. The summed E-state index contributed by atoms with van der Waals surface area (Å²) in [4.78, 5) is 33.3. The quantitative estimate of drug-likeness (QED) is 0.673. The third kappa shape index (κ3) is 3.57. The van der Waals surface area contributed by atoms with Gasteiger partial charge in [-0.15, -0.1) is 0 Å². The van der Waals surface area contributed by atoms with Gasteiger partial charge in [-0.3, -0.25) is 9.59 Å². The fraction of sp³-hybridized carbons (Fsp3) is 0.348. The molecule has 0 N–H and O–H groups in total. The fourth-order valence-corrected chi connectivity index (χ4v) is 4.18. The highest BCUT2D eigenvalue weighted by molar-refractivity contribution is 5.95. The largest absolute Gasteiger partial charge is 0.368 e. The first-order chi connectivity index (χ1) is 14.7. The highest BCUT2D eigenvalue weighted by Gasteiger charge is 2.31. The van der Waals surface area contributed by atoms with E-state index >= 15 is 0 Å². The lowest BCUT2D eigenvalue weighted by molar-refractivity contribution is -0.142. The molecule has 0 unspecified atom stereocenters. The van der Waals surface area contributed by atoms with E-state index in [0.717, 1.165) is 29.6 Å². The van der Waals surface area contributed by atoms with E-state index in [0.29, 0.717) is 38.3 Å². The van der Waals surface area contributed by atoms with Crippen molar-refractivity contribution in [3.05, 3.63) is 60.6 Å². The van der Waals surface area contributed by atoms with Crippen molar-refractivity contribution >= 4 is 17.5 Å². The molecule has 30 heavy (non-hydrogen) atoms. The van der Waals surface area contributed by atoms with E-state index in [9.17, 15) is 9.59 Å². The molecule has 3 aromatic rings. The van der Waals surface area contributed by atoms with Gasteiger partial charge in [0.15, 0.2) is 0 Å². The number of imidazole rings is 1. The number of aromatic nitrogens is 2. The first kappa shape index (κ1) is 18.8. The van der Waals surface area contributed by atoms with E-state index < -0.39 is 0 Å². The molecule has 0 radical (unpaired) electrons. The van der Waals surface area contributed by atoms with Gasteiger partial charge in [-0.1, -0.05) is 12.1 Å². The minimum absolute atomic E-state index is 0.0100. The normalized spacial score (nSPS) is 19.4. The first-order valence-corrected chi connectivity index (χ1v) is 10.4. The van der Waals surface area contributed by atoms with Gasteiger partial charge in [-0.05, 0) is 48.2 Å². The van der Waals surface area contributed by atoms with Crippen molar-refractivity contribution in [1.29, 1.82) is 0 Å². The number of carbonyl (C=O) groups excluding carboxylic acids is 2. The average molecular weight is 404 g/mol. The lowest BCUT2D eigenvalue weighted by Gasteiger charge is -2.35. The van der Waals surface area contributed by atoms with Crippen LogP contribution in [-0.4, -0.2) is 69.9 Å². The van der Waals surface area contributed by atoms with Gasteiger partial charge in [0.25, 0.3) is 11.8 Å². The maximum Gasteiger partial charge on any atom is 0.253 e. The van der Waals surface area contributed by atoms with Crippen molar-refractivity contribution in [3.63, 3.8) is 0 Å². The summed E-state index contributed by atoms with van der Waals surface area (Å²) in [6.45, 7) is 2.90. The highest BCUT2D eigenvalue weighted by atomic mass is 16.5. The van der Waals surface area contributed by atoms with Crippen molar-refractivity contribution in [3.8, 4) is 11.1 Å². The molecule has 154 valence electrons. The Morgan fingerprint density at radius 2 is 1.67 bits per heavy atom. The van der Waals surface area contributed by atoms with Crippen molar-refractivity contribution in [2.75, 3.05) is 32.8 Å². The van der Waals surface area contributed by atoms with Crippen LogP contribution >= 0.6 is 0 Å². The number of ether oxygens (including phenoxy) is 1. The summed E-state index contributed by atoms with van der Waals surface area (Å²) >= 11 is 0. The van der Waals surface area contributed by atoms with Gasteiger partial charge in [-0.2, -0.15) is 0 Å². The Hall–Kier alpha value is -3.19. The second-order valence-corrected chi connectivity index (χ2v) is 7.81. The molecule has 5 rings (SSSR count). The number of rotatable bonds is 3. The minimum atomic E-state index is -0.290. The smallest absolute Gasteiger partial charge is 0.253 e. The maximum absolute atomic E-state index is 12.9. The standard InChI is InChI=1S/C23H24N4O3/c28-22(25-11-13-26(14-12-25)23(29)20-2-1-15-30-20)18-5-3-17(4-6-18)19-7-8-21-24-9-10-27(21)16-19/h3-10,16,20H,1-2,11-15H2/t20-/m0/s1. The Morgan fingerprint density at radius 3 is 2.40 bits per heavy atom. The van der Waals surface area contributed by atoms with Crippen LogP contribution in [0.3, 0.4) is 0 Å². The van der Waals surface area contributed by atoms with Crippen LogP contribution in [0.25, 0.3) is 16.8 Å². The van der Waals surface area contributed by atoms with Crippen LogP contribution in [-0.2, 0) is 9.53 Å². The molecule has 2 aliphatic heterocycles. The van der Waals surface area contributed by atoms with Crippen LogP contribution in [0.15, 0.2) is 55.0 Å². The lowest BCUT2D eigenvalue weighted by atomic mass is 10.0. The molecular formula is C23H24N4O3. The molecule has 2 aliphatic rings. The summed E-state index contributed by atoms with van der Waals surface area (Å²) in [6.07, 6.45) is 7.18. The number of carbonyl (C=O) groups is 2. The summed E-state index contributed by atoms with van der Waals surface area (Å²) in [5, 5.41) is 0. The Morgan fingerprint density at radius 1 is 0.933 bits per heavy atom. The Bertz CT molecular complexity index is 1060. The van der Waals surface area contributed by atoms with E-state index in [1.54, 1.807) is 6.20 Å². The number of amides is 2. The molecule has 0 aliphatic carbocycles. The van der Waals surface area contributed by atoms with E-state index in [1.807, 2.05) is 63.0 Å². The van der Waals surface area contributed by atoms with Gasteiger partial charge in [-0.25, -0.2) is 4.98 Å². The zero-order chi connectivity index (χ0) is 20.5. The molecule has 0 bridgehead atoms. The van der Waals surface area contributed by atoms with Gasteiger partial charge in [0.1, 0.15) is 11.8 Å². The van der Waals surface area contributed by atoms with Gasteiger partial charge >= 0.3 is 0 Å². The number of nitrogens with zero attached hydrogens (tertiary/aromatic N) is 4. The zero-order valence-electron chi connectivity index (χ0n) is 16.7.